The molecule has 1 aromatic carbocycles. The van der Waals surface area contributed by atoms with Crippen molar-refractivity contribution < 1.29 is 9.53 Å². The van der Waals surface area contributed by atoms with E-state index in [9.17, 15) is 4.79 Å². The van der Waals surface area contributed by atoms with Gasteiger partial charge in [0.1, 0.15) is 5.75 Å². The Morgan fingerprint density at radius 1 is 1.35 bits per heavy atom. The van der Waals surface area contributed by atoms with Gasteiger partial charge in [-0.2, -0.15) is 10.2 Å². The summed E-state index contributed by atoms with van der Waals surface area (Å²) in [5, 5.41) is 13.9. The molecule has 0 aliphatic heterocycles. The molecule has 8 nitrogen and oxygen atoms in total. The molecule has 136 valence electrons. The molecular formula is C18H22N6O2. The molecule has 0 saturated carbocycles. The van der Waals surface area contributed by atoms with Crippen LogP contribution in [0.5, 0.6) is 5.75 Å². The van der Waals surface area contributed by atoms with Crippen molar-refractivity contribution in [3.63, 3.8) is 0 Å². The first-order chi connectivity index (χ1) is 12.5. The maximum atomic E-state index is 12.7. The molecular weight excluding hydrogens is 332 g/mol. The van der Waals surface area contributed by atoms with Gasteiger partial charge in [-0.15, -0.1) is 0 Å². The van der Waals surface area contributed by atoms with Crippen molar-refractivity contribution in [2.24, 2.45) is 7.05 Å². The molecule has 0 aliphatic carbocycles. The summed E-state index contributed by atoms with van der Waals surface area (Å²) < 4.78 is 7.11. The molecule has 8 heteroatoms. The molecule has 1 amide bonds. The second kappa shape index (κ2) is 7.40. The molecule has 0 fully saturated rings. The highest BCUT2D eigenvalue weighted by molar-refractivity contribution is 6.08. The molecule has 26 heavy (non-hydrogen) atoms. The third kappa shape index (κ3) is 3.75. The van der Waals surface area contributed by atoms with Crippen LogP contribution >= 0.6 is 0 Å². The summed E-state index contributed by atoms with van der Waals surface area (Å²) in [6.07, 6.45) is 5.01. The van der Waals surface area contributed by atoms with Crippen LogP contribution in [0.15, 0.2) is 36.8 Å². The Morgan fingerprint density at radius 3 is 2.81 bits per heavy atom. The minimum atomic E-state index is -0.267. The lowest BCUT2D eigenvalue weighted by Gasteiger charge is -2.14. The molecule has 2 aromatic heterocycles. The number of aryl methyl sites for hydroxylation is 1. The largest absolute Gasteiger partial charge is 0.495 e. The fourth-order valence-electron chi connectivity index (χ4n) is 2.72. The zero-order valence-electron chi connectivity index (χ0n) is 15.3. The Kier molecular flexibility index (Phi) is 5.04. The molecule has 0 unspecified atom stereocenters. The van der Waals surface area contributed by atoms with E-state index in [-0.39, 0.29) is 5.91 Å². The van der Waals surface area contributed by atoms with Crippen LogP contribution in [0, 0.1) is 0 Å². The highest BCUT2D eigenvalue weighted by atomic mass is 16.5. The van der Waals surface area contributed by atoms with Gasteiger partial charge in [0.15, 0.2) is 0 Å². The van der Waals surface area contributed by atoms with E-state index in [0.29, 0.717) is 22.7 Å². The zero-order chi connectivity index (χ0) is 18.7. The third-order valence-corrected chi connectivity index (χ3v) is 3.89. The molecule has 3 rings (SSSR count). The predicted octanol–water partition coefficient (Wildman–Crippen LogP) is 2.13. The Bertz CT molecular complexity index is 912. The number of H-pyrrole nitrogens is 1. The van der Waals surface area contributed by atoms with E-state index < -0.39 is 0 Å². The Balaban J connectivity index is 1.84. The van der Waals surface area contributed by atoms with Crippen molar-refractivity contribution in [2.45, 2.75) is 6.54 Å². The van der Waals surface area contributed by atoms with E-state index >= 15 is 0 Å². The maximum Gasteiger partial charge on any atom is 0.259 e. The Morgan fingerprint density at radius 2 is 2.15 bits per heavy atom. The first kappa shape index (κ1) is 17.7. The summed E-state index contributed by atoms with van der Waals surface area (Å²) in [7, 11) is 7.41. The third-order valence-electron chi connectivity index (χ3n) is 3.89. The van der Waals surface area contributed by atoms with Gasteiger partial charge < -0.3 is 15.0 Å². The smallest absolute Gasteiger partial charge is 0.259 e. The van der Waals surface area contributed by atoms with Crippen molar-refractivity contribution in [3.05, 3.63) is 47.9 Å². The van der Waals surface area contributed by atoms with E-state index in [1.54, 1.807) is 18.0 Å². The second-order valence-electron chi connectivity index (χ2n) is 6.29. The molecule has 2 heterocycles. The number of amides is 1. The number of ether oxygens (including phenoxy) is 1. The molecule has 2 N–H and O–H groups in total. The van der Waals surface area contributed by atoms with Gasteiger partial charge in [-0.05, 0) is 31.8 Å². The van der Waals surface area contributed by atoms with Crippen molar-refractivity contribution >= 4 is 11.6 Å². The number of aromatic amines is 1. The van der Waals surface area contributed by atoms with Crippen LogP contribution in [0.2, 0.25) is 0 Å². The van der Waals surface area contributed by atoms with Crippen LogP contribution in [0.3, 0.4) is 0 Å². The monoisotopic (exact) mass is 354 g/mol. The molecule has 3 aromatic rings. The van der Waals surface area contributed by atoms with Crippen LogP contribution < -0.4 is 10.1 Å². The number of hydrogen-bond acceptors (Lipinski definition) is 5. The number of nitrogens with one attached hydrogen (secondary N) is 2. The summed E-state index contributed by atoms with van der Waals surface area (Å²) in [6.45, 7) is 0.789. The summed E-state index contributed by atoms with van der Waals surface area (Å²) >= 11 is 0. The normalized spacial score (nSPS) is 11.0. The van der Waals surface area contributed by atoms with Gasteiger partial charge in [-0.1, -0.05) is 6.07 Å². The number of carbonyl (C=O) groups is 1. The number of rotatable bonds is 6. The van der Waals surface area contributed by atoms with Crippen LogP contribution in [0.1, 0.15) is 15.9 Å². The molecule has 0 aliphatic rings. The average molecular weight is 354 g/mol. The van der Waals surface area contributed by atoms with E-state index in [1.165, 1.54) is 6.20 Å². The SMILES string of the molecule is COc1cc(CN(C)C)ccc1NC(=O)c1cn[nH]c1-c1cnn(C)c1. The summed E-state index contributed by atoms with van der Waals surface area (Å²) in [4.78, 5) is 14.8. The quantitative estimate of drug-likeness (QED) is 0.708. The van der Waals surface area contributed by atoms with Crippen molar-refractivity contribution in [1.29, 1.82) is 0 Å². The lowest BCUT2D eigenvalue weighted by atomic mass is 10.1. The molecule has 0 bridgehead atoms. The van der Waals surface area contributed by atoms with Gasteiger partial charge in [0.2, 0.25) is 0 Å². The second-order valence-corrected chi connectivity index (χ2v) is 6.29. The lowest BCUT2D eigenvalue weighted by molar-refractivity contribution is 0.102. The summed E-state index contributed by atoms with van der Waals surface area (Å²) in [6, 6.07) is 5.74. The van der Waals surface area contributed by atoms with Gasteiger partial charge in [-0.25, -0.2) is 0 Å². The van der Waals surface area contributed by atoms with E-state index in [0.717, 1.165) is 17.7 Å². The number of nitrogens with zero attached hydrogens (tertiary/aromatic N) is 4. The van der Waals surface area contributed by atoms with Gasteiger partial charge >= 0.3 is 0 Å². The number of anilines is 1. The molecule has 0 atom stereocenters. The minimum absolute atomic E-state index is 0.267. The van der Waals surface area contributed by atoms with Crippen molar-refractivity contribution in [3.8, 4) is 17.0 Å². The Hall–Kier alpha value is -3.13. The van der Waals surface area contributed by atoms with Crippen molar-refractivity contribution in [2.75, 3.05) is 26.5 Å². The number of aromatic nitrogens is 4. The number of carbonyl (C=O) groups excluding carboxylic acids is 1. The topological polar surface area (TPSA) is 88.1 Å². The first-order valence-electron chi connectivity index (χ1n) is 8.13. The zero-order valence-corrected chi connectivity index (χ0v) is 15.3. The Labute approximate surface area is 151 Å². The standard InChI is InChI=1S/C18H22N6O2/c1-23(2)10-12-5-6-15(16(7-12)26-4)21-18(25)14-9-19-22-17(14)13-8-20-24(3)11-13/h5-9,11H,10H2,1-4H3,(H,19,22)(H,21,25). The first-order valence-corrected chi connectivity index (χ1v) is 8.13. The van der Waals surface area contributed by atoms with Crippen molar-refractivity contribution in [1.82, 2.24) is 24.9 Å². The van der Waals surface area contributed by atoms with Gasteiger partial charge in [-0.3, -0.25) is 14.6 Å². The number of benzene rings is 1. The van der Waals surface area contributed by atoms with E-state index in [2.05, 4.69) is 25.5 Å². The summed E-state index contributed by atoms with van der Waals surface area (Å²) in [5.74, 6) is 0.348. The highest BCUT2D eigenvalue weighted by Gasteiger charge is 2.18. The lowest BCUT2D eigenvalue weighted by Crippen LogP contribution is -2.14. The summed E-state index contributed by atoms with van der Waals surface area (Å²) in [5.41, 5.74) is 3.57. The van der Waals surface area contributed by atoms with Gasteiger partial charge in [0, 0.05) is 25.4 Å². The fraction of sp³-hybridized carbons (Fsp3) is 0.278. The number of hydrogen-bond donors (Lipinski definition) is 2. The van der Waals surface area contributed by atoms with Gasteiger partial charge in [0.25, 0.3) is 5.91 Å². The predicted molar refractivity (Wildman–Crippen MR) is 99.1 cm³/mol. The number of methoxy groups -OCH3 is 1. The van der Waals surface area contributed by atoms with Crippen LogP contribution in [-0.4, -0.2) is 52.0 Å². The van der Waals surface area contributed by atoms with Crippen LogP contribution in [0.4, 0.5) is 5.69 Å². The van der Waals surface area contributed by atoms with E-state index in [4.69, 9.17) is 4.74 Å². The highest BCUT2D eigenvalue weighted by Crippen LogP contribution is 2.28. The van der Waals surface area contributed by atoms with Crippen LogP contribution in [0.25, 0.3) is 11.3 Å². The van der Waals surface area contributed by atoms with Crippen LogP contribution in [-0.2, 0) is 13.6 Å². The molecule has 0 radical (unpaired) electrons. The fourth-order valence-corrected chi connectivity index (χ4v) is 2.72. The van der Waals surface area contributed by atoms with Gasteiger partial charge in [0.05, 0.1) is 36.4 Å². The molecule has 0 saturated heterocycles. The molecule has 0 spiro atoms. The average Bonchev–Trinajstić information content (AvgIpc) is 3.24. The minimum Gasteiger partial charge on any atom is -0.495 e. The maximum absolute atomic E-state index is 12.7. The van der Waals surface area contributed by atoms with E-state index in [1.807, 2.05) is 45.5 Å².